The van der Waals surface area contributed by atoms with Gasteiger partial charge in [0, 0.05) is 13.0 Å². The largest absolute Gasteiger partial charge is 0.457 e. The molecule has 12 nitrogen and oxygen atoms in total. The molecular formula is C31H56O12S. The zero-order valence-corrected chi connectivity index (χ0v) is 27.3. The van der Waals surface area contributed by atoms with Gasteiger partial charge in [-0.3, -0.25) is 9.35 Å². The normalized spacial score (nSPS) is 23.5. The summed E-state index contributed by atoms with van der Waals surface area (Å²) in [5.41, 5.74) is 0. The first kappa shape index (κ1) is 40.6. The van der Waals surface area contributed by atoms with Gasteiger partial charge in [0.2, 0.25) is 0 Å². The molecule has 0 aliphatic carbocycles. The lowest BCUT2D eigenvalue weighted by Crippen LogP contribution is -2.60. The molecule has 0 bridgehead atoms. The van der Waals surface area contributed by atoms with Gasteiger partial charge in [-0.2, -0.15) is 8.42 Å². The highest BCUT2D eigenvalue weighted by molar-refractivity contribution is 7.80. The smallest absolute Gasteiger partial charge is 0.397 e. The highest BCUT2D eigenvalue weighted by atomic mass is 32.3. The Balaban J connectivity index is 2.41. The number of allylic oxidation sites excluding steroid dienone is 4. The van der Waals surface area contributed by atoms with E-state index >= 15 is 0 Å². The summed E-state index contributed by atoms with van der Waals surface area (Å²) >= 11 is 0. The van der Waals surface area contributed by atoms with Crippen molar-refractivity contribution in [3.05, 3.63) is 24.3 Å². The first-order chi connectivity index (χ1) is 21.1. The van der Waals surface area contributed by atoms with E-state index in [0.717, 1.165) is 51.4 Å². The summed E-state index contributed by atoms with van der Waals surface area (Å²) in [6, 6.07) is 0. The Morgan fingerprint density at radius 1 is 0.864 bits per heavy atom. The Kier molecular flexibility index (Phi) is 22.9. The predicted molar refractivity (Wildman–Crippen MR) is 165 cm³/mol. The number of hydrogen-bond acceptors (Lipinski definition) is 11. The number of esters is 1. The molecule has 0 saturated carbocycles. The minimum absolute atomic E-state index is 0.0256. The van der Waals surface area contributed by atoms with Gasteiger partial charge in [-0.1, -0.05) is 83.1 Å². The number of carbonyl (C=O) groups is 1. The van der Waals surface area contributed by atoms with Crippen molar-refractivity contribution in [1.29, 1.82) is 0 Å². The maximum atomic E-state index is 12.3. The molecule has 0 radical (unpaired) electrons. The van der Waals surface area contributed by atoms with Crippen molar-refractivity contribution < 1.29 is 56.2 Å². The van der Waals surface area contributed by atoms with Crippen LogP contribution in [0.25, 0.3) is 0 Å². The minimum atomic E-state index is -5.04. The molecule has 1 fully saturated rings. The predicted octanol–water partition coefficient (Wildman–Crippen LogP) is 4.17. The van der Waals surface area contributed by atoms with Crippen molar-refractivity contribution in [2.45, 2.75) is 141 Å². The Labute approximate surface area is 263 Å². The van der Waals surface area contributed by atoms with Crippen LogP contribution in [0.4, 0.5) is 0 Å². The standard InChI is InChI=1S/C31H56O12S/c1-3-5-7-8-9-10-11-12-13-14-15-16-17-18-19-21-39-23-25(41-27(33)20-6-4-2)24-40-31-29(35)30(43-44(36,37)38)28(34)26(22-32)42-31/h8-9,11-12,25-26,28-32,34-35H,3-7,10,13-24H2,1-2H3,(H,36,37,38)/b9-8-,12-11-. The van der Waals surface area contributed by atoms with Gasteiger partial charge in [-0.15, -0.1) is 0 Å². The van der Waals surface area contributed by atoms with E-state index in [0.29, 0.717) is 13.0 Å². The Bertz CT molecular complexity index is 894. The molecule has 0 amide bonds. The molecule has 6 atom stereocenters. The molecule has 44 heavy (non-hydrogen) atoms. The second-order valence-corrected chi connectivity index (χ2v) is 12.1. The molecule has 1 rings (SSSR count). The monoisotopic (exact) mass is 652 g/mol. The van der Waals surface area contributed by atoms with Crippen molar-refractivity contribution in [2.24, 2.45) is 0 Å². The molecule has 0 aromatic heterocycles. The van der Waals surface area contributed by atoms with Crippen molar-refractivity contribution in [2.75, 3.05) is 26.4 Å². The van der Waals surface area contributed by atoms with E-state index < -0.39 is 59.8 Å². The lowest BCUT2D eigenvalue weighted by atomic mass is 9.99. The SMILES string of the molecule is CCCC/C=C\C/C=C\CCCCCCCCOCC(COC1OC(CO)C(O)C(OS(=O)(=O)O)C1O)OC(=O)CCCC. The summed E-state index contributed by atoms with van der Waals surface area (Å²) in [6.07, 6.45) is 13.6. The van der Waals surface area contributed by atoms with Crippen LogP contribution < -0.4 is 0 Å². The van der Waals surface area contributed by atoms with Crippen LogP contribution in [0.15, 0.2) is 24.3 Å². The van der Waals surface area contributed by atoms with E-state index in [-0.39, 0.29) is 19.6 Å². The van der Waals surface area contributed by atoms with Gasteiger partial charge in [0.25, 0.3) is 0 Å². The number of aliphatic hydroxyl groups is 3. The summed E-state index contributed by atoms with van der Waals surface area (Å²) in [6.45, 7) is 3.61. The van der Waals surface area contributed by atoms with Crippen molar-refractivity contribution in [3.8, 4) is 0 Å². The molecule has 1 aliphatic heterocycles. The molecule has 1 aliphatic rings. The van der Waals surface area contributed by atoms with E-state index in [4.69, 9.17) is 23.5 Å². The summed E-state index contributed by atoms with van der Waals surface area (Å²) in [4.78, 5) is 12.3. The van der Waals surface area contributed by atoms with Crippen LogP contribution in [0.5, 0.6) is 0 Å². The third kappa shape index (κ3) is 19.2. The minimum Gasteiger partial charge on any atom is -0.457 e. The van der Waals surface area contributed by atoms with Crippen LogP contribution in [0.1, 0.15) is 104 Å². The van der Waals surface area contributed by atoms with Gasteiger partial charge in [-0.25, -0.2) is 4.18 Å². The summed E-state index contributed by atoms with van der Waals surface area (Å²) < 4.78 is 57.9. The van der Waals surface area contributed by atoms with Gasteiger partial charge >= 0.3 is 16.4 Å². The van der Waals surface area contributed by atoms with Gasteiger partial charge in [0.05, 0.1) is 19.8 Å². The molecule has 0 aromatic rings. The molecule has 0 spiro atoms. The highest BCUT2D eigenvalue weighted by Gasteiger charge is 2.48. The zero-order chi connectivity index (χ0) is 32.6. The van der Waals surface area contributed by atoms with E-state index in [1.165, 1.54) is 25.7 Å². The van der Waals surface area contributed by atoms with Crippen LogP contribution in [-0.4, -0.2) is 97.5 Å². The molecule has 4 N–H and O–H groups in total. The molecule has 258 valence electrons. The lowest BCUT2D eigenvalue weighted by Gasteiger charge is -2.41. The number of unbranched alkanes of at least 4 members (excludes halogenated alkanes) is 9. The first-order valence-electron chi connectivity index (χ1n) is 16.1. The lowest BCUT2D eigenvalue weighted by molar-refractivity contribution is -0.301. The van der Waals surface area contributed by atoms with Gasteiger partial charge < -0.3 is 34.3 Å². The fourth-order valence-corrected chi connectivity index (χ4v) is 5.05. The molecule has 6 unspecified atom stereocenters. The van der Waals surface area contributed by atoms with E-state index in [2.05, 4.69) is 35.4 Å². The molecule has 1 heterocycles. The van der Waals surface area contributed by atoms with Crippen molar-refractivity contribution in [3.63, 3.8) is 0 Å². The fraction of sp³-hybridized carbons (Fsp3) is 0.839. The summed E-state index contributed by atoms with van der Waals surface area (Å²) in [5, 5.41) is 30.2. The molecule has 13 heteroatoms. The quantitative estimate of drug-likeness (QED) is 0.0454. The maximum absolute atomic E-state index is 12.3. The third-order valence-electron chi connectivity index (χ3n) is 7.08. The van der Waals surface area contributed by atoms with E-state index in [9.17, 15) is 28.5 Å². The number of rotatable bonds is 26. The van der Waals surface area contributed by atoms with Crippen LogP contribution in [0, 0.1) is 0 Å². The number of carbonyl (C=O) groups excluding carboxylic acids is 1. The van der Waals surface area contributed by atoms with Crippen LogP contribution in [-0.2, 0) is 38.3 Å². The Morgan fingerprint density at radius 2 is 1.50 bits per heavy atom. The van der Waals surface area contributed by atoms with Crippen molar-refractivity contribution in [1.82, 2.24) is 0 Å². The summed E-state index contributed by atoms with van der Waals surface area (Å²) in [7, 11) is -5.04. The number of aliphatic hydroxyl groups excluding tert-OH is 3. The molecule has 0 aromatic carbocycles. The molecule has 1 saturated heterocycles. The second-order valence-electron chi connectivity index (χ2n) is 11.0. The Hall–Kier alpha value is -1.42. The van der Waals surface area contributed by atoms with Crippen LogP contribution >= 0.6 is 0 Å². The van der Waals surface area contributed by atoms with E-state index in [1.807, 2.05) is 6.92 Å². The third-order valence-corrected chi connectivity index (χ3v) is 7.54. The van der Waals surface area contributed by atoms with Gasteiger partial charge in [0.1, 0.15) is 30.5 Å². The topological polar surface area (TPSA) is 178 Å². The number of ether oxygens (including phenoxy) is 4. The maximum Gasteiger partial charge on any atom is 0.397 e. The Morgan fingerprint density at radius 3 is 2.14 bits per heavy atom. The second kappa shape index (κ2) is 24.8. The fourth-order valence-electron chi connectivity index (χ4n) is 4.55. The van der Waals surface area contributed by atoms with E-state index in [1.54, 1.807) is 0 Å². The molecular weight excluding hydrogens is 596 g/mol. The average Bonchev–Trinajstić information content (AvgIpc) is 2.98. The van der Waals surface area contributed by atoms with Gasteiger partial charge in [0.15, 0.2) is 6.29 Å². The zero-order valence-electron chi connectivity index (χ0n) is 26.5. The summed E-state index contributed by atoms with van der Waals surface area (Å²) in [5.74, 6) is -0.441. The van der Waals surface area contributed by atoms with Gasteiger partial charge in [-0.05, 0) is 38.5 Å². The van der Waals surface area contributed by atoms with Crippen molar-refractivity contribution >= 4 is 16.4 Å². The van der Waals surface area contributed by atoms with Crippen LogP contribution in [0.3, 0.4) is 0 Å². The van der Waals surface area contributed by atoms with Crippen LogP contribution in [0.2, 0.25) is 0 Å². The first-order valence-corrected chi connectivity index (χ1v) is 17.5. The number of hydrogen-bond donors (Lipinski definition) is 4. The highest BCUT2D eigenvalue weighted by Crippen LogP contribution is 2.25. The average molecular weight is 653 g/mol.